The summed E-state index contributed by atoms with van der Waals surface area (Å²) in [5.41, 5.74) is 8.32. The van der Waals surface area contributed by atoms with E-state index in [1.807, 2.05) is 30.5 Å². The van der Waals surface area contributed by atoms with Gasteiger partial charge in [0.25, 0.3) is 5.89 Å². The lowest BCUT2D eigenvalue weighted by Crippen LogP contribution is -1.89. The molecule has 3 rings (SSSR count). The molecule has 3 aromatic rings. The van der Waals surface area contributed by atoms with Crippen LogP contribution in [0.5, 0.6) is 0 Å². The highest BCUT2D eigenvalue weighted by molar-refractivity contribution is 7.14. The van der Waals surface area contributed by atoms with Gasteiger partial charge in [0.2, 0.25) is 5.82 Å². The molecule has 0 spiro atoms. The summed E-state index contributed by atoms with van der Waals surface area (Å²) in [6.45, 7) is 1.96. The first-order valence-corrected chi connectivity index (χ1v) is 6.22. The van der Waals surface area contributed by atoms with Crippen molar-refractivity contribution in [3.8, 4) is 23.0 Å². The Bertz CT molecular complexity index is 689. The van der Waals surface area contributed by atoms with E-state index >= 15 is 0 Å². The quantitative estimate of drug-likeness (QED) is 0.764. The Hall–Kier alpha value is -2.21. The molecule has 90 valence electrons. The van der Waals surface area contributed by atoms with Gasteiger partial charge in [-0.2, -0.15) is 4.98 Å². The highest BCUT2D eigenvalue weighted by atomic mass is 32.1. The molecule has 0 aliphatic rings. The number of thiophene rings is 1. The molecule has 18 heavy (non-hydrogen) atoms. The first-order valence-electron chi connectivity index (χ1n) is 5.35. The Labute approximate surface area is 107 Å². The maximum absolute atomic E-state index is 5.83. The zero-order valence-corrected chi connectivity index (χ0v) is 10.4. The monoisotopic (exact) mass is 258 g/mol. The number of aryl methyl sites for hydroxylation is 1. The van der Waals surface area contributed by atoms with E-state index in [2.05, 4.69) is 15.1 Å². The van der Waals surface area contributed by atoms with Crippen LogP contribution in [0.3, 0.4) is 0 Å². The molecule has 0 saturated carbocycles. The van der Waals surface area contributed by atoms with E-state index in [9.17, 15) is 0 Å². The molecule has 6 heteroatoms. The van der Waals surface area contributed by atoms with Gasteiger partial charge in [-0.05, 0) is 30.0 Å². The van der Waals surface area contributed by atoms with Crippen LogP contribution in [0.1, 0.15) is 5.56 Å². The molecule has 0 amide bonds. The van der Waals surface area contributed by atoms with Crippen LogP contribution in [-0.4, -0.2) is 15.1 Å². The fraction of sp³-hybridized carbons (Fsp3) is 0.0833. The van der Waals surface area contributed by atoms with E-state index in [4.69, 9.17) is 10.3 Å². The molecular formula is C12H10N4OS. The molecule has 0 radical (unpaired) electrons. The van der Waals surface area contributed by atoms with Crippen molar-refractivity contribution in [1.82, 2.24) is 15.1 Å². The average molecular weight is 258 g/mol. The Morgan fingerprint density at radius 3 is 2.94 bits per heavy atom. The molecule has 0 saturated heterocycles. The SMILES string of the molecule is Cc1cccnc1-c1noc(-c2ccsc2N)n1. The molecule has 3 aromatic heterocycles. The van der Waals surface area contributed by atoms with Crippen molar-refractivity contribution in [2.24, 2.45) is 0 Å². The molecule has 0 aliphatic heterocycles. The van der Waals surface area contributed by atoms with Gasteiger partial charge in [0, 0.05) is 6.20 Å². The van der Waals surface area contributed by atoms with Gasteiger partial charge in [-0.25, -0.2) is 0 Å². The zero-order chi connectivity index (χ0) is 12.5. The Morgan fingerprint density at radius 2 is 2.22 bits per heavy atom. The Morgan fingerprint density at radius 1 is 1.33 bits per heavy atom. The van der Waals surface area contributed by atoms with Gasteiger partial charge in [0.05, 0.1) is 10.6 Å². The van der Waals surface area contributed by atoms with Crippen molar-refractivity contribution >= 4 is 16.3 Å². The van der Waals surface area contributed by atoms with E-state index in [0.717, 1.165) is 16.8 Å². The minimum atomic E-state index is 0.425. The van der Waals surface area contributed by atoms with E-state index in [1.165, 1.54) is 11.3 Å². The second-order valence-corrected chi connectivity index (χ2v) is 4.74. The van der Waals surface area contributed by atoms with Gasteiger partial charge in [0.1, 0.15) is 5.69 Å². The van der Waals surface area contributed by atoms with Gasteiger partial charge in [-0.3, -0.25) is 4.98 Å². The highest BCUT2D eigenvalue weighted by Gasteiger charge is 2.15. The molecule has 5 nitrogen and oxygen atoms in total. The third-order valence-corrected chi connectivity index (χ3v) is 3.32. The molecule has 0 aromatic carbocycles. The van der Waals surface area contributed by atoms with Crippen LogP contribution in [0.2, 0.25) is 0 Å². The summed E-state index contributed by atoms with van der Waals surface area (Å²) in [6, 6.07) is 5.69. The summed E-state index contributed by atoms with van der Waals surface area (Å²) in [5, 5.41) is 6.50. The molecule has 0 bridgehead atoms. The number of rotatable bonds is 2. The van der Waals surface area contributed by atoms with Crippen LogP contribution in [-0.2, 0) is 0 Å². The molecule has 3 heterocycles. The largest absolute Gasteiger partial charge is 0.390 e. The van der Waals surface area contributed by atoms with Crippen LogP contribution in [0.15, 0.2) is 34.3 Å². The third kappa shape index (κ3) is 1.76. The van der Waals surface area contributed by atoms with Crippen molar-refractivity contribution in [3.63, 3.8) is 0 Å². The second-order valence-electron chi connectivity index (χ2n) is 3.79. The maximum Gasteiger partial charge on any atom is 0.261 e. The van der Waals surface area contributed by atoms with Gasteiger partial charge in [0.15, 0.2) is 0 Å². The van der Waals surface area contributed by atoms with Gasteiger partial charge < -0.3 is 10.3 Å². The molecule has 0 unspecified atom stereocenters. The van der Waals surface area contributed by atoms with Crippen molar-refractivity contribution in [1.29, 1.82) is 0 Å². The Kier molecular flexibility index (Phi) is 2.56. The predicted molar refractivity (Wildman–Crippen MR) is 70.0 cm³/mol. The van der Waals surface area contributed by atoms with E-state index in [0.29, 0.717) is 16.7 Å². The topological polar surface area (TPSA) is 77.8 Å². The van der Waals surface area contributed by atoms with Crippen LogP contribution in [0.4, 0.5) is 5.00 Å². The number of nitrogen functional groups attached to an aromatic ring is 1. The highest BCUT2D eigenvalue weighted by Crippen LogP contribution is 2.30. The van der Waals surface area contributed by atoms with Crippen LogP contribution in [0.25, 0.3) is 23.0 Å². The number of hydrogen-bond donors (Lipinski definition) is 1. The van der Waals surface area contributed by atoms with Crippen LogP contribution >= 0.6 is 11.3 Å². The second kappa shape index (κ2) is 4.23. The normalized spacial score (nSPS) is 10.7. The first kappa shape index (κ1) is 10.9. The molecule has 2 N–H and O–H groups in total. The number of nitrogens with zero attached hydrogens (tertiary/aromatic N) is 3. The van der Waals surface area contributed by atoms with Crippen molar-refractivity contribution in [2.45, 2.75) is 6.92 Å². The number of nitrogens with two attached hydrogens (primary N) is 1. The summed E-state index contributed by atoms with van der Waals surface area (Å²) in [5.74, 6) is 0.905. The Balaban J connectivity index is 2.05. The number of hydrogen-bond acceptors (Lipinski definition) is 6. The van der Waals surface area contributed by atoms with E-state index in [1.54, 1.807) is 6.20 Å². The van der Waals surface area contributed by atoms with Crippen LogP contribution in [0, 0.1) is 6.92 Å². The zero-order valence-electron chi connectivity index (χ0n) is 9.62. The van der Waals surface area contributed by atoms with Crippen molar-refractivity contribution in [2.75, 3.05) is 5.73 Å². The smallest absolute Gasteiger partial charge is 0.261 e. The minimum absolute atomic E-state index is 0.425. The number of anilines is 1. The summed E-state index contributed by atoms with van der Waals surface area (Å²) >= 11 is 1.44. The molecule has 0 fully saturated rings. The van der Waals surface area contributed by atoms with Crippen molar-refractivity contribution < 1.29 is 4.52 Å². The van der Waals surface area contributed by atoms with Crippen molar-refractivity contribution in [3.05, 3.63) is 35.3 Å². The summed E-state index contributed by atoms with van der Waals surface area (Å²) < 4.78 is 5.22. The summed E-state index contributed by atoms with van der Waals surface area (Å²) in [4.78, 5) is 8.58. The summed E-state index contributed by atoms with van der Waals surface area (Å²) in [6.07, 6.45) is 1.71. The standard InChI is InChI=1S/C12H10N4OS/c1-7-3-2-5-14-9(7)11-15-12(17-16-11)8-4-6-18-10(8)13/h2-6H,13H2,1H3. The minimum Gasteiger partial charge on any atom is -0.390 e. The lowest BCUT2D eigenvalue weighted by molar-refractivity contribution is 0.432. The first-order chi connectivity index (χ1) is 8.75. The van der Waals surface area contributed by atoms with E-state index < -0.39 is 0 Å². The van der Waals surface area contributed by atoms with Gasteiger partial charge in [-0.15, -0.1) is 11.3 Å². The lowest BCUT2D eigenvalue weighted by atomic mass is 10.2. The summed E-state index contributed by atoms with van der Waals surface area (Å²) in [7, 11) is 0. The molecule has 0 aliphatic carbocycles. The van der Waals surface area contributed by atoms with E-state index in [-0.39, 0.29) is 0 Å². The van der Waals surface area contributed by atoms with Crippen LogP contribution < -0.4 is 5.73 Å². The lowest BCUT2D eigenvalue weighted by Gasteiger charge is -1.96. The fourth-order valence-electron chi connectivity index (χ4n) is 1.65. The maximum atomic E-state index is 5.83. The fourth-order valence-corrected chi connectivity index (χ4v) is 2.28. The van der Waals surface area contributed by atoms with Gasteiger partial charge >= 0.3 is 0 Å². The predicted octanol–water partition coefficient (Wildman–Crippen LogP) is 2.75. The number of pyridine rings is 1. The van der Waals surface area contributed by atoms with Gasteiger partial charge in [-0.1, -0.05) is 11.2 Å². The molecular weight excluding hydrogens is 248 g/mol. The third-order valence-electron chi connectivity index (χ3n) is 2.57. The number of aromatic nitrogens is 3. The molecule has 0 atom stereocenters. The average Bonchev–Trinajstić information content (AvgIpc) is 2.98.